The second-order valence-electron chi connectivity index (χ2n) is 7.02. The molecule has 0 aromatic carbocycles. The molecule has 0 spiro atoms. The molecule has 1 N–H and O–H groups in total. The topological polar surface area (TPSA) is 12.0 Å². The summed E-state index contributed by atoms with van der Waals surface area (Å²) in [4.78, 5) is 0. The SMILES string of the molecule is CCCNC(C)C1CC2CC[C@H]2C(C(C)CC)C1. The molecule has 0 aromatic heterocycles. The molecule has 0 heterocycles. The molecule has 1 heteroatoms. The van der Waals surface area contributed by atoms with Gasteiger partial charge in [-0.05, 0) is 75.2 Å². The molecule has 2 aliphatic rings. The summed E-state index contributed by atoms with van der Waals surface area (Å²) >= 11 is 0. The molecule has 6 atom stereocenters. The lowest BCUT2D eigenvalue weighted by molar-refractivity contribution is -0.0139. The summed E-state index contributed by atoms with van der Waals surface area (Å²) in [6, 6.07) is 0.734. The molecule has 0 bridgehead atoms. The zero-order chi connectivity index (χ0) is 13.1. The van der Waals surface area contributed by atoms with Crippen LogP contribution in [0.25, 0.3) is 0 Å². The second kappa shape index (κ2) is 6.41. The highest BCUT2D eigenvalue weighted by Gasteiger charge is 2.45. The fourth-order valence-electron chi connectivity index (χ4n) is 4.36. The Morgan fingerprint density at radius 1 is 1.11 bits per heavy atom. The van der Waals surface area contributed by atoms with Crippen molar-refractivity contribution < 1.29 is 0 Å². The van der Waals surface area contributed by atoms with Crippen LogP contribution in [0.5, 0.6) is 0 Å². The predicted molar refractivity (Wildman–Crippen MR) is 79.6 cm³/mol. The summed E-state index contributed by atoms with van der Waals surface area (Å²) in [5, 5.41) is 3.74. The average Bonchev–Trinajstić information content (AvgIpc) is 2.35. The Morgan fingerprint density at radius 2 is 1.89 bits per heavy atom. The maximum atomic E-state index is 3.74. The predicted octanol–water partition coefficient (Wildman–Crippen LogP) is 4.47. The Morgan fingerprint density at radius 3 is 2.44 bits per heavy atom. The molecule has 2 saturated carbocycles. The molecular formula is C17H33N. The third-order valence-corrected chi connectivity index (χ3v) is 6.00. The van der Waals surface area contributed by atoms with E-state index >= 15 is 0 Å². The van der Waals surface area contributed by atoms with Gasteiger partial charge in [0.25, 0.3) is 0 Å². The molecule has 18 heavy (non-hydrogen) atoms. The summed E-state index contributed by atoms with van der Waals surface area (Å²) in [5.41, 5.74) is 0. The quantitative estimate of drug-likeness (QED) is 0.734. The van der Waals surface area contributed by atoms with Crippen molar-refractivity contribution in [3.05, 3.63) is 0 Å². The summed E-state index contributed by atoms with van der Waals surface area (Å²) in [5.74, 6) is 5.08. The minimum absolute atomic E-state index is 0.734. The third-order valence-electron chi connectivity index (χ3n) is 6.00. The third kappa shape index (κ3) is 2.92. The molecule has 0 radical (unpaired) electrons. The highest BCUT2D eigenvalue weighted by Crippen LogP contribution is 2.53. The summed E-state index contributed by atoms with van der Waals surface area (Å²) in [6.07, 6.45) is 8.69. The largest absolute Gasteiger partial charge is 0.314 e. The summed E-state index contributed by atoms with van der Waals surface area (Å²) in [7, 11) is 0. The number of rotatable bonds is 6. The van der Waals surface area contributed by atoms with E-state index in [1.54, 1.807) is 0 Å². The Hall–Kier alpha value is -0.0400. The highest BCUT2D eigenvalue weighted by molar-refractivity contribution is 4.96. The van der Waals surface area contributed by atoms with Gasteiger partial charge in [-0.3, -0.25) is 0 Å². The summed E-state index contributed by atoms with van der Waals surface area (Å²) < 4.78 is 0. The van der Waals surface area contributed by atoms with E-state index in [0.717, 1.165) is 35.6 Å². The molecule has 2 aliphatic carbocycles. The molecular weight excluding hydrogens is 218 g/mol. The van der Waals surface area contributed by atoms with Crippen molar-refractivity contribution in [3.8, 4) is 0 Å². The normalized spacial score (nSPS) is 38.7. The first-order valence-electron chi connectivity index (χ1n) is 8.40. The van der Waals surface area contributed by atoms with Crippen molar-refractivity contribution in [1.82, 2.24) is 5.32 Å². The van der Waals surface area contributed by atoms with Crippen molar-refractivity contribution >= 4 is 0 Å². The van der Waals surface area contributed by atoms with Crippen LogP contribution in [0.2, 0.25) is 0 Å². The first kappa shape index (κ1) is 14.4. The van der Waals surface area contributed by atoms with Gasteiger partial charge in [0.1, 0.15) is 0 Å². The van der Waals surface area contributed by atoms with Gasteiger partial charge in [-0.15, -0.1) is 0 Å². The van der Waals surface area contributed by atoms with E-state index in [1.807, 2.05) is 0 Å². The smallest absolute Gasteiger partial charge is 0.00672 e. The van der Waals surface area contributed by atoms with Crippen LogP contribution in [0, 0.1) is 29.6 Å². The number of fused-ring (bicyclic) bond motifs is 1. The van der Waals surface area contributed by atoms with Gasteiger partial charge in [0, 0.05) is 6.04 Å². The van der Waals surface area contributed by atoms with Crippen molar-refractivity contribution in [2.24, 2.45) is 29.6 Å². The van der Waals surface area contributed by atoms with Crippen LogP contribution in [0.1, 0.15) is 66.2 Å². The van der Waals surface area contributed by atoms with E-state index in [1.165, 1.54) is 45.1 Å². The Bertz CT molecular complexity index is 250. The lowest BCUT2D eigenvalue weighted by Crippen LogP contribution is -2.47. The van der Waals surface area contributed by atoms with Gasteiger partial charge in [0.2, 0.25) is 0 Å². The van der Waals surface area contributed by atoms with Crippen LogP contribution in [-0.4, -0.2) is 12.6 Å². The van der Waals surface area contributed by atoms with Crippen molar-refractivity contribution in [2.75, 3.05) is 6.54 Å². The number of hydrogen-bond donors (Lipinski definition) is 1. The van der Waals surface area contributed by atoms with Crippen LogP contribution < -0.4 is 5.32 Å². The van der Waals surface area contributed by atoms with Crippen LogP contribution >= 0.6 is 0 Å². The molecule has 2 rings (SSSR count). The van der Waals surface area contributed by atoms with Gasteiger partial charge in [-0.2, -0.15) is 0 Å². The zero-order valence-corrected chi connectivity index (χ0v) is 12.9. The maximum absolute atomic E-state index is 3.74. The molecule has 0 saturated heterocycles. The van der Waals surface area contributed by atoms with Gasteiger partial charge in [-0.1, -0.05) is 27.2 Å². The van der Waals surface area contributed by atoms with E-state index in [4.69, 9.17) is 0 Å². The van der Waals surface area contributed by atoms with E-state index in [9.17, 15) is 0 Å². The first-order chi connectivity index (χ1) is 8.67. The fourth-order valence-corrected chi connectivity index (χ4v) is 4.36. The van der Waals surface area contributed by atoms with Gasteiger partial charge >= 0.3 is 0 Å². The van der Waals surface area contributed by atoms with Crippen LogP contribution in [0.15, 0.2) is 0 Å². The molecule has 2 fully saturated rings. The summed E-state index contributed by atoms with van der Waals surface area (Å²) in [6.45, 7) is 10.8. The van der Waals surface area contributed by atoms with Gasteiger partial charge < -0.3 is 5.32 Å². The molecule has 1 nitrogen and oxygen atoms in total. The second-order valence-corrected chi connectivity index (χ2v) is 7.02. The monoisotopic (exact) mass is 251 g/mol. The number of nitrogens with one attached hydrogen (secondary N) is 1. The molecule has 0 aliphatic heterocycles. The zero-order valence-electron chi connectivity index (χ0n) is 12.9. The van der Waals surface area contributed by atoms with Crippen molar-refractivity contribution in [3.63, 3.8) is 0 Å². The van der Waals surface area contributed by atoms with Crippen LogP contribution in [-0.2, 0) is 0 Å². The Balaban J connectivity index is 1.93. The minimum atomic E-state index is 0.734. The van der Waals surface area contributed by atoms with Crippen LogP contribution in [0.4, 0.5) is 0 Å². The highest BCUT2D eigenvalue weighted by atomic mass is 14.9. The lowest BCUT2D eigenvalue weighted by Gasteiger charge is -2.52. The molecule has 0 aromatic rings. The standard InChI is InChI=1S/C17H33N/c1-5-9-18-13(4)15-10-14-7-8-16(14)17(11-15)12(3)6-2/h12-18H,5-11H2,1-4H3/t12?,13?,14?,15?,16-,17?/m1/s1. The average molecular weight is 251 g/mol. The molecule has 0 amide bonds. The van der Waals surface area contributed by atoms with E-state index < -0.39 is 0 Å². The van der Waals surface area contributed by atoms with Crippen LogP contribution in [0.3, 0.4) is 0 Å². The Kier molecular flexibility index (Phi) is 5.12. The van der Waals surface area contributed by atoms with Gasteiger partial charge in [-0.25, -0.2) is 0 Å². The van der Waals surface area contributed by atoms with Gasteiger partial charge in [0.15, 0.2) is 0 Å². The van der Waals surface area contributed by atoms with Crippen molar-refractivity contribution in [1.29, 1.82) is 0 Å². The lowest BCUT2D eigenvalue weighted by atomic mass is 9.54. The van der Waals surface area contributed by atoms with E-state index in [-0.39, 0.29) is 0 Å². The van der Waals surface area contributed by atoms with E-state index in [0.29, 0.717) is 0 Å². The molecule has 5 unspecified atom stereocenters. The Labute approximate surface area is 114 Å². The first-order valence-corrected chi connectivity index (χ1v) is 8.40. The number of hydrogen-bond acceptors (Lipinski definition) is 1. The minimum Gasteiger partial charge on any atom is -0.314 e. The fraction of sp³-hybridized carbons (Fsp3) is 1.00. The van der Waals surface area contributed by atoms with Gasteiger partial charge in [0.05, 0.1) is 0 Å². The molecule has 106 valence electrons. The maximum Gasteiger partial charge on any atom is 0.00672 e. The van der Waals surface area contributed by atoms with E-state index in [2.05, 4.69) is 33.0 Å². The van der Waals surface area contributed by atoms with Crippen molar-refractivity contribution in [2.45, 2.75) is 72.3 Å².